The van der Waals surface area contributed by atoms with Crippen LogP contribution in [0.15, 0.2) is 53.0 Å². The monoisotopic (exact) mass is 401 g/mol. The zero-order valence-electron chi connectivity index (χ0n) is 12.6. The maximum absolute atomic E-state index is 12.8. The summed E-state index contributed by atoms with van der Waals surface area (Å²) in [6.07, 6.45) is 1.69. The normalized spacial score (nSPS) is 11.3. The fourth-order valence-corrected chi connectivity index (χ4v) is 3.39. The zero-order chi connectivity index (χ0) is 16.9. The molecule has 0 aromatic heterocycles. The van der Waals surface area contributed by atoms with Crippen molar-refractivity contribution in [3.05, 3.63) is 58.8 Å². The molecule has 0 aliphatic heterocycles. The Morgan fingerprint density at radius 3 is 2.48 bits per heavy atom. The number of hydrogen-bond acceptors (Lipinski definition) is 3. The molecule has 23 heavy (non-hydrogen) atoms. The summed E-state index contributed by atoms with van der Waals surface area (Å²) in [5.41, 5.74) is 0.601. The van der Waals surface area contributed by atoms with E-state index in [4.69, 9.17) is 4.74 Å². The quantitative estimate of drug-likeness (QED) is 0.662. The number of sulfonamides is 1. The van der Waals surface area contributed by atoms with Crippen LogP contribution in [0.2, 0.25) is 0 Å². The molecule has 0 radical (unpaired) electrons. The van der Waals surface area contributed by atoms with E-state index >= 15 is 0 Å². The molecule has 0 saturated heterocycles. The van der Waals surface area contributed by atoms with Crippen LogP contribution in [0.4, 0.5) is 10.1 Å². The number of benzene rings is 2. The van der Waals surface area contributed by atoms with E-state index in [9.17, 15) is 12.8 Å². The van der Waals surface area contributed by atoms with E-state index in [0.717, 1.165) is 4.47 Å². The molecule has 124 valence electrons. The van der Waals surface area contributed by atoms with Gasteiger partial charge in [-0.25, -0.2) is 12.8 Å². The lowest BCUT2D eigenvalue weighted by Gasteiger charge is -2.22. The molecule has 0 atom stereocenters. The van der Waals surface area contributed by atoms with Crippen LogP contribution >= 0.6 is 15.9 Å². The minimum Gasteiger partial charge on any atom is -0.494 e. The van der Waals surface area contributed by atoms with Crippen molar-refractivity contribution in [2.75, 3.05) is 23.7 Å². The third kappa shape index (κ3) is 5.51. The van der Waals surface area contributed by atoms with Crippen molar-refractivity contribution >= 4 is 31.6 Å². The van der Waals surface area contributed by atoms with Crippen LogP contribution < -0.4 is 9.04 Å². The summed E-state index contributed by atoms with van der Waals surface area (Å²) in [6, 6.07) is 12.8. The molecule has 7 heteroatoms. The van der Waals surface area contributed by atoms with Gasteiger partial charge >= 0.3 is 0 Å². The van der Waals surface area contributed by atoms with Crippen LogP contribution in [-0.2, 0) is 10.0 Å². The van der Waals surface area contributed by atoms with Crippen molar-refractivity contribution in [3.63, 3.8) is 0 Å². The first-order valence-electron chi connectivity index (χ1n) is 6.98. The maximum Gasteiger partial charge on any atom is 0.232 e. The Balaban J connectivity index is 1.96. The molecule has 0 aliphatic carbocycles. The molecule has 0 unspecified atom stereocenters. The number of nitrogens with zero attached hydrogens (tertiary/aromatic N) is 1. The highest BCUT2D eigenvalue weighted by Gasteiger charge is 2.17. The van der Waals surface area contributed by atoms with E-state index in [1.165, 1.54) is 34.8 Å². The van der Waals surface area contributed by atoms with Crippen LogP contribution in [0.3, 0.4) is 0 Å². The Hall–Kier alpha value is -1.60. The van der Waals surface area contributed by atoms with Gasteiger partial charge in [0.2, 0.25) is 10.0 Å². The van der Waals surface area contributed by atoms with Gasteiger partial charge in [-0.1, -0.05) is 22.0 Å². The minimum absolute atomic E-state index is 0.302. The van der Waals surface area contributed by atoms with E-state index in [1.807, 2.05) is 6.07 Å². The molecule has 4 nitrogen and oxygen atoms in total. The Kier molecular flexibility index (Phi) is 6.01. The molecular formula is C16H17BrFNO3S. The standard InChI is InChI=1S/C16H17BrFNO3S/c1-23(20,21)19(15-5-2-4-13(17)12-15)10-3-11-22-16-8-6-14(18)7-9-16/h2,4-9,12H,3,10-11H2,1H3. The second-order valence-electron chi connectivity index (χ2n) is 4.97. The summed E-state index contributed by atoms with van der Waals surface area (Å²) in [4.78, 5) is 0. The van der Waals surface area contributed by atoms with Crippen LogP contribution in [0.1, 0.15) is 6.42 Å². The van der Waals surface area contributed by atoms with Gasteiger partial charge in [-0.3, -0.25) is 4.31 Å². The van der Waals surface area contributed by atoms with E-state index in [1.54, 1.807) is 18.2 Å². The molecular weight excluding hydrogens is 385 g/mol. The van der Waals surface area contributed by atoms with Gasteiger partial charge in [0.1, 0.15) is 11.6 Å². The Bertz CT molecular complexity index is 750. The van der Waals surface area contributed by atoms with Crippen molar-refractivity contribution in [1.29, 1.82) is 0 Å². The highest BCUT2D eigenvalue weighted by molar-refractivity contribution is 9.10. The first-order chi connectivity index (χ1) is 10.9. The van der Waals surface area contributed by atoms with Gasteiger partial charge in [0.15, 0.2) is 0 Å². The second-order valence-corrected chi connectivity index (χ2v) is 7.79. The molecule has 2 aromatic carbocycles. The summed E-state index contributed by atoms with van der Waals surface area (Å²) in [7, 11) is -3.38. The lowest BCUT2D eigenvalue weighted by atomic mass is 10.3. The Labute approximate surface area is 144 Å². The van der Waals surface area contributed by atoms with Crippen LogP contribution in [0.5, 0.6) is 5.75 Å². The second kappa shape index (κ2) is 7.79. The van der Waals surface area contributed by atoms with Crippen molar-refractivity contribution < 1.29 is 17.5 Å². The van der Waals surface area contributed by atoms with E-state index in [2.05, 4.69) is 15.9 Å². The molecule has 0 amide bonds. The van der Waals surface area contributed by atoms with E-state index in [0.29, 0.717) is 31.0 Å². The van der Waals surface area contributed by atoms with Gasteiger partial charge < -0.3 is 4.74 Å². The third-order valence-electron chi connectivity index (χ3n) is 3.08. The van der Waals surface area contributed by atoms with Gasteiger partial charge in [0.25, 0.3) is 0 Å². The van der Waals surface area contributed by atoms with E-state index < -0.39 is 10.0 Å². The fraction of sp³-hybridized carbons (Fsp3) is 0.250. The molecule has 2 aromatic rings. The summed E-state index contributed by atoms with van der Waals surface area (Å²) < 4.78 is 44.4. The summed E-state index contributed by atoms with van der Waals surface area (Å²) in [5.74, 6) is 0.231. The van der Waals surface area contributed by atoms with Gasteiger partial charge in [-0.2, -0.15) is 0 Å². The predicted octanol–water partition coefficient (Wildman–Crippen LogP) is 3.82. The van der Waals surface area contributed by atoms with Gasteiger partial charge in [0, 0.05) is 17.4 Å². The van der Waals surface area contributed by atoms with Crippen molar-refractivity contribution in [3.8, 4) is 5.75 Å². The molecule has 2 rings (SSSR count). The summed E-state index contributed by atoms with van der Waals surface area (Å²) in [5, 5.41) is 0. The van der Waals surface area contributed by atoms with Crippen LogP contribution in [0, 0.1) is 5.82 Å². The zero-order valence-corrected chi connectivity index (χ0v) is 15.0. The highest BCUT2D eigenvalue weighted by atomic mass is 79.9. The third-order valence-corrected chi connectivity index (χ3v) is 4.77. The summed E-state index contributed by atoms with van der Waals surface area (Å²) in [6.45, 7) is 0.641. The van der Waals surface area contributed by atoms with Crippen LogP contribution in [-0.4, -0.2) is 27.8 Å². The smallest absolute Gasteiger partial charge is 0.232 e. The van der Waals surface area contributed by atoms with Crippen molar-refractivity contribution in [1.82, 2.24) is 0 Å². The first-order valence-corrected chi connectivity index (χ1v) is 9.62. The highest BCUT2D eigenvalue weighted by Crippen LogP contribution is 2.22. The lowest BCUT2D eigenvalue weighted by Crippen LogP contribution is -2.31. The minimum atomic E-state index is -3.38. The average molecular weight is 402 g/mol. The first kappa shape index (κ1) is 17.7. The van der Waals surface area contributed by atoms with Crippen LogP contribution in [0.25, 0.3) is 0 Å². The van der Waals surface area contributed by atoms with Gasteiger partial charge in [0.05, 0.1) is 18.6 Å². The maximum atomic E-state index is 12.8. The summed E-state index contributed by atoms with van der Waals surface area (Å²) >= 11 is 3.34. The van der Waals surface area contributed by atoms with Gasteiger partial charge in [-0.15, -0.1) is 0 Å². The average Bonchev–Trinajstić information content (AvgIpc) is 2.47. The number of anilines is 1. The molecule has 0 saturated carbocycles. The predicted molar refractivity (Wildman–Crippen MR) is 92.8 cm³/mol. The topological polar surface area (TPSA) is 46.6 Å². The lowest BCUT2D eigenvalue weighted by molar-refractivity contribution is 0.313. The number of hydrogen-bond donors (Lipinski definition) is 0. The van der Waals surface area contributed by atoms with Gasteiger partial charge in [-0.05, 0) is 42.5 Å². The molecule has 0 aliphatic rings. The number of ether oxygens (including phenoxy) is 1. The van der Waals surface area contributed by atoms with E-state index in [-0.39, 0.29) is 5.82 Å². The van der Waals surface area contributed by atoms with Crippen molar-refractivity contribution in [2.45, 2.75) is 6.42 Å². The molecule has 0 bridgehead atoms. The molecule has 0 spiro atoms. The molecule has 0 fully saturated rings. The number of halogens is 2. The largest absolute Gasteiger partial charge is 0.494 e. The Morgan fingerprint density at radius 2 is 1.87 bits per heavy atom. The number of rotatable bonds is 7. The SMILES string of the molecule is CS(=O)(=O)N(CCCOc1ccc(F)cc1)c1cccc(Br)c1. The van der Waals surface area contributed by atoms with Crippen molar-refractivity contribution in [2.24, 2.45) is 0 Å². The fourth-order valence-electron chi connectivity index (χ4n) is 2.05. The molecule has 0 heterocycles. The Morgan fingerprint density at radius 1 is 1.17 bits per heavy atom. The molecule has 0 N–H and O–H groups in total.